The maximum absolute atomic E-state index is 13.0. The molecule has 2 N–H and O–H groups in total. The van der Waals surface area contributed by atoms with Crippen molar-refractivity contribution in [2.75, 3.05) is 19.0 Å². The number of halogens is 3. The Labute approximate surface area is 161 Å². The molecule has 0 atom stereocenters. The van der Waals surface area contributed by atoms with E-state index in [4.69, 9.17) is 17.0 Å². The first kappa shape index (κ1) is 20.9. The fraction of sp³-hybridized carbons (Fsp3) is 0.333. The van der Waals surface area contributed by atoms with Crippen molar-refractivity contribution in [2.45, 2.75) is 26.6 Å². The highest BCUT2D eigenvalue weighted by Crippen LogP contribution is 2.34. The first-order valence-corrected chi connectivity index (χ1v) is 8.56. The molecule has 0 bridgehead atoms. The number of aryl methyl sites for hydroxylation is 1. The zero-order chi connectivity index (χ0) is 20.0. The van der Waals surface area contributed by atoms with E-state index in [2.05, 4.69) is 20.4 Å². The predicted molar refractivity (Wildman–Crippen MR) is 104 cm³/mol. The van der Waals surface area contributed by atoms with Gasteiger partial charge in [0.2, 0.25) is 0 Å². The Bertz CT molecular complexity index is 830. The highest BCUT2D eigenvalue weighted by molar-refractivity contribution is 7.80. The van der Waals surface area contributed by atoms with Crippen molar-refractivity contribution in [1.29, 1.82) is 0 Å². The largest absolute Gasteiger partial charge is 0.418 e. The molecule has 0 aliphatic rings. The second-order valence-electron chi connectivity index (χ2n) is 5.84. The van der Waals surface area contributed by atoms with E-state index in [9.17, 15) is 13.2 Å². The number of para-hydroxylation sites is 1. The van der Waals surface area contributed by atoms with Crippen LogP contribution in [0.3, 0.4) is 0 Å². The average Bonchev–Trinajstić information content (AvgIpc) is 2.86. The summed E-state index contributed by atoms with van der Waals surface area (Å²) in [5, 5.41) is 6.52. The van der Waals surface area contributed by atoms with E-state index >= 15 is 0 Å². The number of hydrazone groups is 1. The summed E-state index contributed by atoms with van der Waals surface area (Å²) in [6, 6.07) is 7.08. The van der Waals surface area contributed by atoms with Crippen LogP contribution in [0.2, 0.25) is 0 Å². The van der Waals surface area contributed by atoms with Gasteiger partial charge in [0.1, 0.15) is 0 Å². The topological polar surface area (TPSA) is 50.6 Å². The number of anilines is 1. The normalized spacial score (nSPS) is 11.8. The second-order valence-corrected chi connectivity index (χ2v) is 6.25. The van der Waals surface area contributed by atoms with Crippen LogP contribution in [0, 0.1) is 13.8 Å². The summed E-state index contributed by atoms with van der Waals surface area (Å²) in [5.74, 6) is 0. The van der Waals surface area contributed by atoms with E-state index in [1.807, 2.05) is 19.9 Å². The van der Waals surface area contributed by atoms with Gasteiger partial charge in [0.25, 0.3) is 0 Å². The van der Waals surface area contributed by atoms with E-state index in [-0.39, 0.29) is 10.8 Å². The van der Waals surface area contributed by atoms with Crippen LogP contribution in [0.15, 0.2) is 35.4 Å². The molecule has 0 fully saturated rings. The third-order valence-corrected chi connectivity index (χ3v) is 4.18. The number of ether oxygens (including phenoxy) is 1. The van der Waals surface area contributed by atoms with Gasteiger partial charge in [0.05, 0.1) is 24.1 Å². The summed E-state index contributed by atoms with van der Waals surface area (Å²) in [7, 11) is 1.64. The minimum atomic E-state index is -4.47. The fourth-order valence-corrected chi connectivity index (χ4v) is 2.80. The number of rotatable bonds is 6. The van der Waals surface area contributed by atoms with Crippen molar-refractivity contribution in [1.82, 2.24) is 9.99 Å². The standard InChI is InChI=1S/C18H21F3N4OS/c1-12-10-14(13(2)25(12)8-9-26-3)11-22-24-17(27)23-16-7-5-4-6-15(16)18(19,20)21/h4-7,10-11H,8-9H2,1-3H3,(H2,23,24,27)/b22-11+. The maximum atomic E-state index is 13.0. The summed E-state index contributed by atoms with van der Waals surface area (Å²) in [4.78, 5) is 0. The molecule has 27 heavy (non-hydrogen) atoms. The predicted octanol–water partition coefficient (Wildman–Crippen LogP) is 4.09. The zero-order valence-corrected chi connectivity index (χ0v) is 16.0. The van der Waals surface area contributed by atoms with Gasteiger partial charge in [-0.1, -0.05) is 12.1 Å². The van der Waals surface area contributed by atoms with Gasteiger partial charge in [-0.25, -0.2) is 0 Å². The summed E-state index contributed by atoms with van der Waals surface area (Å²) >= 11 is 5.03. The van der Waals surface area contributed by atoms with Crippen LogP contribution in [-0.4, -0.2) is 29.6 Å². The summed E-state index contributed by atoms with van der Waals surface area (Å²) < 4.78 is 46.2. The van der Waals surface area contributed by atoms with Gasteiger partial charge < -0.3 is 14.6 Å². The number of aromatic nitrogens is 1. The molecule has 0 amide bonds. The number of methoxy groups -OCH3 is 1. The van der Waals surface area contributed by atoms with E-state index in [0.717, 1.165) is 29.6 Å². The van der Waals surface area contributed by atoms with Gasteiger partial charge in [-0.3, -0.25) is 5.43 Å². The molecular formula is C18H21F3N4OS. The zero-order valence-electron chi connectivity index (χ0n) is 15.2. The van der Waals surface area contributed by atoms with Crippen molar-refractivity contribution in [3.8, 4) is 0 Å². The first-order chi connectivity index (χ1) is 12.7. The lowest BCUT2D eigenvalue weighted by Crippen LogP contribution is -2.25. The Morgan fingerprint density at radius 1 is 1.30 bits per heavy atom. The van der Waals surface area contributed by atoms with Crippen molar-refractivity contribution < 1.29 is 17.9 Å². The van der Waals surface area contributed by atoms with E-state index in [0.29, 0.717) is 6.61 Å². The summed E-state index contributed by atoms with van der Waals surface area (Å²) in [6.45, 7) is 5.26. The van der Waals surface area contributed by atoms with Gasteiger partial charge in [0, 0.05) is 30.6 Å². The number of hydrogen-bond donors (Lipinski definition) is 2. The van der Waals surface area contributed by atoms with E-state index in [1.165, 1.54) is 18.2 Å². The van der Waals surface area contributed by atoms with Crippen LogP contribution >= 0.6 is 12.2 Å². The van der Waals surface area contributed by atoms with Crippen molar-refractivity contribution >= 4 is 29.2 Å². The van der Waals surface area contributed by atoms with E-state index in [1.54, 1.807) is 13.3 Å². The van der Waals surface area contributed by atoms with Gasteiger partial charge in [0.15, 0.2) is 5.11 Å². The Hall–Kier alpha value is -2.39. The summed E-state index contributed by atoms with van der Waals surface area (Å²) in [6.07, 6.45) is -2.89. The molecule has 2 rings (SSSR count). The van der Waals surface area contributed by atoms with Crippen LogP contribution in [0.1, 0.15) is 22.5 Å². The molecule has 146 valence electrons. The molecule has 1 heterocycles. The molecule has 1 aromatic carbocycles. The van der Waals surface area contributed by atoms with Crippen molar-refractivity contribution in [2.24, 2.45) is 5.10 Å². The van der Waals surface area contributed by atoms with E-state index < -0.39 is 11.7 Å². The third-order valence-electron chi connectivity index (χ3n) is 3.98. The molecule has 2 aromatic rings. The quantitative estimate of drug-likeness (QED) is 0.437. The highest BCUT2D eigenvalue weighted by Gasteiger charge is 2.33. The summed E-state index contributed by atoms with van der Waals surface area (Å²) in [5.41, 5.74) is 4.58. The van der Waals surface area contributed by atoms with Gasteiger partial charge in [-0.05, 0) is 44.3 Å². The number of hydrogen-bond acceptors (Lipinski definition) is 3. The molecule has 5 nitrogen and oxygen atoms in total. The Morgan fingerprint density at radius 2 is 2.00 bits per heavy atom. The van der Waals surface area contributed by atoms with Gasteiger partial charge in [-0.2, -0.15) is 18.3 Å². The number of thiocarbonyl (C=S) groups is 1. The SMILES string of the molecule is COCCn1c(C)cc(/C=N/NC(=S)Nc2ccccc2C(F)(F)F)c1C. The maximum Gasteiger partial charge on any atom is 0.418 e. The van der Waals surface area contributed by atoms with Crippen LogP contribution in [-0.2, 0) is 17.5 Å². The Balaban J connectivity index is 2.03. The minimum Gasteiger partial charge on any atom is -0.383 e. The van der Waals surface area contributed by atoms with Gasteiger partial charge in [-0.15, -0.1) is 0 Å². The number of benzene rings is 1. The lowest BCUT2D eigenvalue weighted by atomic mass is 10.2. The molecular weight excluding hydrogens is 377 g/mol. The van der Waals surface area contributed by atoms with Crippen molar-refractivity contribution in [3.63, 3.8) is 0 Å². The first-order valence-electron chi connectivity index (χ1n) is 8.16. The highest BCUT2D eigenvalue weighted by atomic mass is 32.1. The molecule has 0 saturated heterocycles. The Morgan fingerprint density at radius 3 is 2.67 bits per heavy atom. The number of nitrogens with one attached hydrogen (secondary N) is 2. The monoisotopic (exact) mass is 398 g/mol. The molecule has 0 spiro atoms. The smallest absolute Gasteiger partial charge is 0.383 e. The fourth-order valence-electron chi connectivity index (χ4n) is 2.64. The third kappa shape index (κ3) is 5.54. The number of alkyl halides is 3. The second kappa shape index (κ2) is 9.01. The van der Waals surface area contributed by atoms with Crippen molar-refractivity contribution in [3.05, 3.63) is 52.8 Å². The molecule has 0 unspecified atom stereocenters. The number of nitrogens with zero attached hydrogens (tertiary/aromatic N) is 2. The lowest BCUT2D eigenvalue weighted by molar-refractivity contribution is -0.136. The average molecular weight is 398 g/mol. The molecule has 9 heteroatoms. The molecule has 0 aliphatic heterocycles. The van der Waals surface area contributed by atoms with Crippen LogP contribution in [0.5, 0.6) is 0 Å². The molecule has 0 saturated carbocycles. The molecule has 0 aliphatic carbocycles. The minimum absolute atomic E-state index is 0.0314. The molecule has 1 aromatic heterocycles. The van der Waals surface area contributed by atoms with Gasteiger partial charge >= 0.3 is 6.18 Å². The van der Waals surface area contributed by atoms with Crippen LogP contribution < -0.4 is 10.7 Å². The lowest BCUT2D eigenvalue weighted by Gasteiger charge is -2.14. The Kier molecular flexibility index (Phi) is 6.98. The van der Waals surface area contributed by atoms with Crippen LogP contribution in [0.4, 0.5) is 18.9 Å². The van der Waals surface area contributed by atoms with Crippen LogP contribution in [0.25, 0.3) is 0 Å². The molecule has 0 radical (unpaired) electrons.